The lowest BCUT2D eigenvalue weighted by Gasteiger charge is -2.27. The number of methoxy groups -OCH3 is 1. The second-order valence-corrected chi connectivity index (χ2v) is 3.12. The number of hydrogen-bond acceptors (Lipinski definition) is 3. The van der Waals surface area contributed by atoms with Gasteiger partial charge in [-0.05, 0) is 13.0 Å². The Balaban J connectivity index is 2.29. The van der Waals surface area contributed by atoms with Gasteiger partial charge in [-0.2, -0.15) is 0 Å². The van der Waals surface area contributed by atoms with Gasteiger partial charge in [-0.15, -0.1) is 0 Å². The number of rotatable bonds is 3. The van der Waals surface area contributed by atoms with E-state index in [1.54, 1.807) is 0 Å². The van der Waals surface area contributed by atoms with Gasteiger partial charge in [0, 0.05) is 13.7 Å². The molecule has 2 unspecified atom stereocenters. The molecule has 76 valence electrons. The second kappa shape index (κ2) is 5.14. The standard InChI is InChI=1S/C8H15FN2O2/c1-13-5-8(12)11-7-2-3-10-4-6(7)9/h6-7,10H,2-5H2,1H3,(H,11,12). The molecule has 0 aliphatic carbocycles. The van der Waals surface area contributed by atoms with Crippen molar-refractivity contribution in [2.75, 3.05) is 26.8 Å². The van der Waals surface area contributed by atoms with E-state index in [4.69, 9.17) is 0 Å². The fraction of sp³-hybridized carbons (Fsp3) is 0.875. The number of piperidine rings is 1. The maximum Gasteiger partial charge on any atom is 0.246 e. The summed E-state index contributed by atoms with van der Waals surface area (Å²) in [6, 6.07) is -0.358. The Labute approximate surface area is 76.8 Å². The predicted octanol–water partition coefficient (Wildman–Crippen LogP) is -0.551. The lowest BCUT2D eigenvalue weighted by Crippen LogP contribution is -2.51. The highest BCUT2D eigenvalue weighted by atomic mass is 19.1. The van der Waals surface area contributed by atoms with Crippen molar-refractivity contribution < 1.29 is 13.9 Å². The zero-order valence-corrected chi connectivity index (χ0v) is 7.68. The Hall–Kier alpha value is -0.680. The molecular formula is C8H15FN2O2. The molecule has 2 atom stereocenters. The number of alkyl halides is 1. The second-order valence-electron chi connectivity index (χ2n) is 3.12. The molecule has 0 bridgehead atoms. The number of nitrogens with one attached hydrogen (secondary N) is 2. The van der Waals surface area contributed by atoms with Crippen molar-refractivity contribution in [2.24, 2.45) is 0 Å². The van der Waals surface area contributed by atoms with Crippen molar-refractivity contribution in [1.82, 2.24) is 10.6 Å². The van der Waals surface area contributed by atoms with E-state index in [0.717, 1.165) is 6.54 Å². The first-order valence-corrected chi connectivity index (χ1v) is 4.37. The van der Waals surface area contributed by atoms with E-state index >= 15 is 0 Å². The molecule has 5 heteroatoms. The third-order valence-corrected chi connectivity index (χ3v) is 2.03. The first-order chi connectivity index (χ1) is 6.24. The molecule has 1 fully saturated rings. The van der Waals surface area contributed by atoms with Crippen LogP contribution in [0.15, 0.2) is 0 Å². The largest absolute Gasteiger partial charge is 0.375 e. The van der Waals surface area contributed by atoms with E-state index in [9.17, 15) is 9.18 Å². The SMILES string of the molecule is COCC(=O)NC1CCNCC1F. The average Bonchev–Trinajstić information content (AvgIpc) is 2.09. The van der Waals surface area contributed by atoms with E-state index in [1.165, 1.54) is 7.11 Å². The molecular weight excluding hydrogens is 175 g/mol. The van der Waals surface area contributed by atoms with Crippen LogP contribution in [0.1, 0.15) is 6.42 Å². The van der Waals surface area contributed by atoms with Crippen LogP contribution in [0.4, 0.5) is 4.39 Å². The monoisotopic (exact) mass is 190 g/mol. The van der Waals surface area contributed by atoms with E-state index < -0.39 is 6.17 Å². The normalized spacial score (nSPS) is 28.5. The molecule has 1 amide bonds. The summed E-state index contributed by atoms with van der Waals surface area (Å²) in [7, 11) is 1.44. The molecule has 0 saturated carbocycles. The minimum atomic E-state index is -0.991. The highest BCUT2D eigenvalue weighted by molar-refractivity contribution is 5.77. The highest BCUT2D eigenvalue weighted by Crippen LogP contribution is 2.06. The van der Waals surface area contributed by atoms with Crippen LogP contribution in [0.5, 0.6) is 0 Å². The Morgan fingerprint density at radius 2 is 2.54 bits per heavy atom. The van der Waals surface area contributed by atoms with Gasteiger partial charge in [0.2, 0.25) is 5.91 Å². The van der Waals surface area contributed by atoms with E-state index in [-0.39, 0.29) is 18.6 Å². The van der Waals surface area contributed by atoms with E-state index in [0.29, 0.717) is 13.0 Å². The fourth-order valence-corrected chi connectivity index (χ4v) is 1.36. The van der Waals surface area contributed by atoms with E-state index in [1.807, 2.05) is 0 Å². The number of ether oxygens (including phenoxy) is 1. The molecule has 1 aliphatic rings. The predicted molar refractivity (Wildman–Crippen MR) is 46.2 cm³/mol. The van der Waals surface area contributed by atoms with Gasteiger partial charge in [0.15, 0.2) is 0 Å². The molecule has 0 aromatic carbocycles. The van der Waals surface area contributed by atoms with Crippen LogP contribution in [0.25, 0.3) is 0 Å². The number of carbonyl (C=O) groups is 1. The van der Waals surface area contributed by atoms with Crippen molar-refractivity contribution >= 4 is 5.91 Å². The lowest BCUT2D eigenvalue weighted by atomic mass is 10.1. The topological polar surface area (TPSA) is 50.4 Å². The van der Waals surface area contributed by atoms with Crippen LogP contribution >= 0.6 is 0 Å². The first-order valence-electron chi connectivity index (χ1n) is 4.37. The van der Waals surface area contributed by atoms with Crippen molar-refractivity contribution in [1.29, 1.82) is 0 Å². The zero-order valence-electron chi connectivity index (χ0n) is 7.68. The maximum absolute atomic E-state index is 13.1. The molecule has 2 N–H and O–H groups in total. The summed E-state index contributed by atoms with van der Waals surface area (Å²) in [4.78, 5) is 11.0. The van der Waals surface area contributed by atoms with Crippen LogP contribution in [0.2, 0.25) is 0 Å². The van der Waals surface area contributed by atoms with Gasteiger partial charge < -0.3 is 15.4 Å². The summed E-state index contributed by atoms with van der Waals surface area (Å²) in [6.07, 6.45) is -0.356. The van der Waals surface area contributed by atoms with Crippen LogP contribution < -0.4 is 10.6 Å². The summed E-state index contributed by atoms with van der Waals surface area (Å²) in [5, 5.41) is 5.50. The average molecular weight is 190 g/mol. The molecule has 0 aromatic rings. The van der Waals surface area contributed by atoms with Gasteiger partial charge in [-0.3, -0.25) is 4.79 Å². The van der Waals surface area contributed by atoms with Gasteiger partial charge in [-0.25, -0.2) is 4.39 Å². The third kappa shape index (κ3) is 3.28. The molecule has 1 aliphatic heterocycles. The van der Waals surface area contributed by atoms with Crippen molar-refractivity contribution in [2.45, 2.75) is 18.6 Å². The summed E-state index contributed by atoms with van der Waals surface area (Å²) < 4.78 is 17.8. The Kier molecular flexibility index (Phi) is 4.11. The molecule has 1 rings (SSSR count). The Morgan fingerprint density at radius 3 is 3.15 bits per heavy atom. The smallest absolute Gasteiger partial charge is 0.246 e. The maximum atomic E-state index is 13.1. The minimum Gasteiger partial charge on any atom is -0.375 e. The third-order valence-electron chi connectivity index (χ3n) is 2.03. The molecule has 0 spiro atoms. The number of carbonyl (C=O) groups excluding carboxylic acids is 1. The fourth-order valence-electron chi connectivity index (χ4n) is 1.36. The molecule has 0 aromatic heterocycles. The number of amides is 1. The molecule has 13 heavy (non-hydrogen) atoms. The van der Waals surface area contributed by atoms with Gasteiger partial charge in [0.25, 0.3) is 0 Å². The lowest BCUT2D eigenvalue weighted by molar-refractivity contribution is -0.126. The van der Waals surface area contributed by atoms with Gasteiger partial charge >= 0.3 is 0 Å². The van der Waals surface area contributed by atoms with Crippen molar-refractivity contribution in [3.05, 3.63) is 0 Å². The quantitative estimate of drug-likeness (QED) is 0.627. The first kappa shape index (κ1) is 10.4. The molecule has 1 saturated heterocycles. The van der Waals surface area contributed by atoms with Gasteiger partial charge in [0.1, 0.15) is 12.8 Å². The zero-order chi connectivity index (χ0) is 9.68. The number of hydrogen-bond donors (Lipinski definition) is 2. The summed E-state index contributed by atoms with van der Waals surface area (Å²) in [5.74, 6) is -0.253. The molecule has 0 radical (unpaired) electrons. The minimum absolute atomic E-state index is 0.00332. The van der Waals surface area contributed by atoms with Crippen LogP contribution in [0.3, 0.4) is 0 Å². The van der Waals surface area contributed by atoms with Crippen LogP contribution in [-0.2, 0) is 9.53 Å². The van der Waals surface area contributed by atoms with Crippen molar-refractivity contribution in [3.8, 4) is 0 Å². The molecule has 1 heterocycles. The summed E-state index contributed by atoms with van der Waals surface area (Å²) >= 11 is 0. The number of halogens is 1. The molecule has 4 nitrogen and oxygen atoms in total. The van der Waals surface area contributed by atoms with Gasteiger partial charge in [-0.1, -0.05) is 0 Å². The van der Waals surface area contributed by atoms with Crippen LogP contribution in [0, 0.1) is 0 Å². The highest BCUT2D eigenvalue weighted by Gasteiger charge is 2.25. The Morgan fingerprint density at radius 1 is 1.77 bits per heavy atom. The Bertz CT molecular complexity index is 178. The van der Waals surface area contributed by atoms with Gasteiger partial charge in [0.05, 0.1) is 6.04 Å². The van der Waals surface area contributed by atoms with Crippen molar-refractivity contribution in [3.63, 3.8) is 0 Å². The summed E-state index contributed by atoms with van der Waals surface area (Å²) in [6.45, 7) is 1.06. The summed E-state index contributed by atoms with van der Waals surface area (Å²) in [5.41, 5.74) is 0. The van der Waals surface area contributed by atoms with Crippen LogP contribution in [-0.4, -0.2) is 44.9 Å². The van der Waals surface area contributed by atoms with E-state index in [2.05, 4.69) is 15.4 Å².